The van der Waals surface area contributed by atoms with Crippen molar-refractivity contribution in [2.45, 2.75) is 32.6 Å². The molecular formula is C20H28N2O5. The Morgan fingerprint density at radius 2 is 1.59 bits per heavy atom. The van der Waals surface area contributed by atoms with Crippen LogP contribution in [-0.2, 0) is 9.59 Å². The van der Waals surface area contributed by atoms with Crippen LogP contribution in [-0.4, -0.2) is 51.1 Å². The summed E-state index contributed by atoms with van der Waals surface area (Å²) in [6.45, 7) is 3.67. The quantitative estimate of drug-likeness (QED) is 0.773. The van der Waals surface area contributed by atoms with Crippen molar-refractivity contribution in [3.63, 3.8) is 0 Å². The van der Waals surface area contributed by atoms with Gasteiger partial charge in [0.15, 0.2) is 11.5 Å². The van der Waals surface area contributed by atoms with Crippen molar-refractivity contribution in [2.24, 2.45) is 11.3 Å². The molecule has 7 nitrogen and oxygen atoms in total. The first-order valence-corrected chi connectivity index (χ1v) is 9.36. The number of likely N-dealkylation sites (tertiary alicyclic amines) is 1. The van der Waals surface area contributed by atoms with Gasteiger partial charge >= 0.3 is 0 Å². The van der Waals surface area contributed by atoms with E-state index in [1.807, 2.05) is 4.90 Å². The van der Waals surface area contributed by atoms with Crippen LogP contribution in [0.15, 0.2) is 12.1 Å². The average molecular weight is 376 g/mol. The van der Waals surface area contributed by atoms with Crippen LogP contribution in [0.3, 0.4) is 0 Å². The molecule has 2 aliphatic rings. The topological polar surface area (TPSA) is 77.1 Å². The van der Waals surface area contributed by atoms with Gasteiger partial charge in [0.25, 0.3) is 0 Å². The van der Waals surface area contributed by atoms with Gasteiger partial charge in [-0.2, -0.15) is 0 Å². The standard InChI is InChI=1S/C20H28N2O5/c1-13-5-9-22(10-6-13)19(24)20(7-8-20)18(23)21-14-11-15(25-2)17(27-4)16(12-14)26-3/h11-13H,5-10H2,1-4H3,(H,21,23). The molecular weight excluding hydrogens is 348 g/mol. The molecule has 0 spiro atoms. The molecule has 0 radical (unpaired) electrons. The van der Waals surface area contributed by atoms with Gasteiger partial charge in [-0.15, -0.1) is 0 Å². The number of carbonyl (C=O) groups excluding carboxylic acids is 2. The number of ether oxygens (including phenoxy) is 3. The number of anilines is 1. The Labute approximate surface area is 160 Å². The molecule has 1 saturated heterocycles. The van der Waals surface area contributed by atoms with Crippen LogP contribution in [0, 0.1) is 11.3 Å². The van der Waals surface area contributed by atoms with Crippen molar-refractivity contribution < 1.29 is 23.8 Å². The second-order valence-corrected chi connectivity index (χ2v) is 7.42. The molecule has 2 fully saturated rings. The van der Waals surface area contributed by atoms with Crippen LogP contribution in [0.2, 0.25) is 0 Å². The highest BCUT2D eigenvalue weighted by atomic mass is 16.5. The van der Waals surface area contributed by atoms with E-state index in [9.17, 15) is 9.59 Å². The van der Waals surface area contributed by atoms with Gasteiger partial charge in [0.1, 0.15) is 5.41 Å². The average Bonchev–Trinajstić information content (AvgIpc) is 3.49. The summed E-state index contributed by atoms with van der Waals surface area (Å²) >= 11 is 0. The largest absolute Gasteiger partial charge is 0.493 e. The number of rotatable bonds is 6. The van der Waals surface area contributed by atoms with Crippen LogP contribution in [0.1, 0.15) is 32.6 Å². The molecule has 1 N–H and O–H groups in total. The lowest BCUT2D eigenvalue weighted by molar-refractivity contribution is -0.143. The van der Waals surface area contributed by atoms with Crippen LogP contribution < -0.4 is 19.5 Å². The van der Waals surface area contributed by atoms with Crippen LogP contribution >= 0.6 is 0 Å². The summed E-state index contributed by atoms with van der Waals surface area (Å²) in [5.41, 5.74) is -0.415. The molecule has 1 aromatic rings. The van der Waals surface area contributed by atoms with E-state index in [4.69, 9.17) is 14.2 Å². The first-order chi connectivity index (χ1) is 12.9. The third-order valence-corrected chi connectivity index (χ3v) is 5.59. The Bertz CT molecular complexity index is 696. The highest BCUT2D eigenvalue weighted by molar-refractivity contribution is 6.13. The molecule has 7 heteroatoms. The van der Waals surface area contributed by atoms with E-state index >= 15 is 0 Å². The number of amides is 2. The van der Waals surface area contributed by atoms with E-state index in [1.54, 1.807) is 12.1 Å². The number of benzene rings is 1. The van der Waals surface area contributed by atoms with Crippen LogP contribution in [0.4, 0.5) is 5.69 Å². The fourth-order valence-electron chi connectivity index (χ4n) is 3.58. The van der Waals surface area contributed by atoms with E-state index in [1.165, 1.54) is 21.3 Å². The van der Waals surface area contributed by atoms with E-state index in [0.29, 0.717) is 41.7 Å². The zero-order chi connectivity index (χ0) is 19.6. The van der Waals surface area contributed by atoms with E-state index in [-0.39, 0.29) is 11.8 Å². The molecule has 148 valence electrons. The van der Waals surface area contributed by atoms with Gasteiger partial charge in [0.2, 0.25) is 17.6 Å². The molecule has 0 bridgehead atoms. The molecule has 0 unspecified atom stereocenters. The lowest BCUT2D eigenvalue weighted by Crippen LogP contribution is -2.46. The minimum Gasteiger partial charge on any atom is -0.493 e. The van der Waals surface area contributed by atoms with Crippen molar-refractivity contribution in [1.29, 1.82) is 0 Å². The number of nitrogens with one attached hydrogen (secondary N) is 1. The zero-order valence-electron chi connectivity index (χ0n) is 16.5. The Hall–Kier alpha value is -2.44. The first kappa shape index (κ1) is 19.3. The minimum absolute atomic E-state index is 0.0423. The van der Waals surface area contributed by atoms with Crippen molar-refractivity contribution >= 4 is 17.5 Å². The fourth-order valence-corrected chi connectivity index (χ4v) is 3.58. The third kappa shape index (κ3) is 3.68. The molecule has 1 saturated carbocycles. The highest BCUT2D eigenvalue weighted by Crippen LogP contribution is 2.49. The number of hydrogen-bond acceptors (Lipinski definition) is 5. The van der Waals surface area contributed by atoms with Gasteiger partial charge in [-0.05, 0) is 31.6 Å². The summed E-state index contributed by atoms with van der Waals surface area (Å²) in [5, 5.41) is 2.87. The molecule has 27 heavy (non-hydrogen) atoms. The van der Waals surface area contributed by atoms with Crippen molar-refractivity contribution in [2.75, 3.05) is 39.7 Å². The van der Waals surface area contributed by atoms with E-state index in [0.717, 1.165) is 25.9 Å². The maximum absolute atomic E-state index is 13.0. The molecule has 0 aromatic heterocycles. The highest BCUT2D eigenvalue weighted by Gasteiger charge is 2.58. The summed E-state index contributed by atoms with van der Waals surface area (Å²) in [6, 6.07) is 3.34. The van der Waals surface area contributed by atoms with E-state index in [2.05, 4.69) is 12.2 Å². The molecule has 1 aromatic carbocycles. The maximum Gasteiger partial charge on any atom is 0.240 e. The maximum atomic E-state index is 13.0. The van der Waals surface area contributed by atoms with Crippen LogP contribution in [0.5, 0.6) is 17.2 Å². The summed E-state index contributed by atoms with van der Waals surface area (Å²) < 4.78 is 15.9. The lowest BCUT2D eigenvalue weighted by Gasteiger charge is -2.32. The molecule has 1 aliphatic carbocycles. The predicted octanol–water partition coefficient (Wildman–Crippen LogP) is 2.69. The monoisotopic (exact) mass is 376 g/mol. The second-order valence-electron chi connectivity index (χ2n) is 7.42. The molecule has 2 amide bonds. The first-order valence-electron chi connectivity index (χ1n) is 9.36. The van der Waals surface area contributed by atoms with Gasteiger partial charge in [-0.1, -0.05) is 6.92 Å². The number of piperidine rings is 1. The Balaban J connectivity index is 1.76. The van der Waals surface area contributed by atoms with Gasteiger partial charge in [-0.3, -0.25) is 9.59 Å². The van der Waals surface area contributed by atoms with Gasteiger partial charge < -0.3 is 24.4 Å². The van der Waals surface area contributed by atoms with Crippen LogP contribution in [0.25, 0.3) is 0 Å². The molecule has 0 atom stereocenters. The Kier molecular flexibility index (Phi) is 5.48. The van der Waals surface area contributed by atoms with Crippen molar-refractivity contribution in [3.8, 4) is 17.2 Å². The lowest BCUT2D eigenvalue weighted by atomic mass is 9.96. The SMILES string of the molecule is COc1cc(NC(=O)C2(C(=O)N3CCC(C)CC3)CC2)cc(OC)c1OC. The Morgan fingerprint density at radius 3 is 2.04 bits per heavy atom. The van der Waals surface area contributed by atoms with Gasteiger partial charge in [0, 0.05) is 30.9 Å². The van der Waals surface area contributed by atoms with Gasteiger partial charge in [-0.25, -0.2) is 0 Å². The number of hydrogen-bond donors (Lipinski definition) is 1. The number of methoxy groups -OCH3 is 3. The predicted molar refractivity (Wildman–Crippen MR) is 101 cm³/mol. The third-order valence-electron chi connectivity index (χ3n) is 5.59. The summed E-state index contributed by atoms with van der Waals surface area (Å²) in [7, 11) is 4.56. The van der Waals surface area contributed by atoms with Crippen molar-refractivity contribution in [3.05, 3.63) is 12.1 Å². The molecule has 3 rings (SSSR count). The summed E-state index contributed by atoms with van der Waals surface area (Å²) in [4.78, 5) is 27.7. The van der Waals surface area contributed by atoms with Crippen molar-refractivity contribution in [1.82, 2.24) is 4.90 Å². The normalized spacial score (nSPS) is 18.6. The zero-order valence-corrected chi connectivity index (χ0v) is 16.5. The summed E-state index contributed by atoms with van der Waals surface area (Å²) in [6.07, 6.45) is 3.18. The second kappa shape index (κ2) is 7.66. The number of carbonyl (C=O) groups is 2. The minimum atomic E-state index is -0.930. The smallest absolute Gasteiger partial charge is 0.240 e. The van der Waals surface area contributed by atoms with Gasteiger partial charge in [0.05, 0.1) is 21.3 Å². The summed E-state index contributed by atoms with van der Waals surface area (Å²) in [5.74, 6) is 1.69. The Morgan fingerprint density at radius 1 is 1.04 bits per heavy atom. The molecule has 1 heterocycles. The number of nitrogens with zero attached hydrogens (tertiary/aromatic N) is 1. The van der Waals surface area contributed by atoms with E-state index < -0.39 is 5.41 Å². The fraction of sp³-hybridized carbons (Fsp3) is 0.600. The molecule has 1 aliphatic heterocycles.